The Morgan fingerprint density at radius 1 is 1.50 bits per heavy atom. The summed E-state index contributed by atoms with van der Waals surface area (Å²) in [6.45, 7) is 3.80. The van der Waals surface area contributed by atoms with Crippen molar-refractivity contribution in [3.8, 4) is 5.75 Å². The molecular formula is C11H13ClO2. The molecule has 2 nitrogen and oxygen atoms in total. The predicted octanol–water partition coefficient (Wildman–Crippen LogP) is 3.35. The minimum Gasteiger partial charge on any atom is -0.425 e. The molecule has 0 saturated carbocycles. The first-order valence-electron chi connectivity index (χ1n) is 4.61. The van der Waals surface area contributed by atoms with Gasteiger partial charge >= 0.3 is 5.97 Å². The molecule has 0 heterocycles. The van der Waals surface area contributed by atoms with Crippen LogP contribution >= 0.6 is 11.6 Å². The van der Waals surface area contributed by atoms with E-state index in [-0.39, 0.29) is 5.97 Å². The summed E-state index contributed by atoms with van der Waals surface area (Å²) in [4.78, 5) is 11.2. The Labute approximate surface area is 88.8 Å². The van der Waals surface area contributed by atoms with Crippen LogP contribution < -0.4 is 4.74 Å². The average Bonchev–Trinajstić information content (AvgIpc) is 2.13. The van der Waals surface area contributed by atoms with Crippen molar-refractivity contribution in [2.45, 2.75) is 26.7 Å². The minimum atomic E-state index is -0.236. The number of hydrogen-bond acceptors (Lipinski definition) is 2. The van der Waals surface area contributed by atoms with Crippen LogP contribution in [0.5, 0.6) is 5.75 Å². The highest BCUT2D eigenvalue weighted by Crippen LogP contribution is 2.27. The molecule has 14 heavy (non-hydrogen) atoms. The van der Waals surface area contributed by atoms with Crippen LogP contribution in [-0.4, -0.2) is 5.97 Å². The molecule has 0 saturated heterocycles. The largest absolute Gasteiger partial charge is 0.425 e. The van der Waals surface area contributed by atoms with Crippen molar-refractivity contribution < 1.29 is 9.53 Å². The van der Waals surface area contributed by atoms with Crippen LogP contribution in [-0.2, 0) is 4.79 Å². The van der Waals surface area contributed by atoms with Crippen molar-refractivity contribution in [1.29, 1.82) is 0 Å². The molecule has 0 aromatic heterocycles. The van der Waals surface area contributed by atoms with Crippen molar-refractivity contribution in [2.24, 2.45) is 0 Å². The molecule has 0 aliphatic carbocycles. The quantitative estimate of drug-likeness (QED) is 0.567. The van der Waals surface area contributed by atoms with E-state index in [4.69, 9.17) is 16.3 Å². The van der Waals surface area contributed by atoms with Gasteiger partial charge in [-0.15, -0.1) is 0 Å². The van der Waals surface area contributed by atoms with E-state index in [1.54, 1.807) is 6.07 Å². The molecule has 3 heteroatoms. The number of aryl methyl sites for hydroxylation is 1. The molecule has 0 unspecified atom stereocenters. The fraction of sp³-hybridized carbons (Fsp3) is 0.364. The highest BCUT2D eigenvalue weighted by Gasteiger charge is 2.08. The highest BCUT2D eigenvalue weighted by molar-refractivity contribution is 6.32. The summed E-state index contributed by atoms with van der Waals surface area (Å²) >= 11 is 5.96. The topological polar surface area (TPSA) is 26.3 Å². The number of rotatable bonds is 3. The molecule has 0 amide bonds. The van der Waals surface area contributed by atoms with Gasteiger partial charge < -0.3 is 4.74 Å². The normalized spacial score (nSPS) is 9.93. The summed E-state index contributed by atoms with van der Waals surface area (Å²) < 4.78 is 5.10. The number of halogens is 1. The lowest BCUT2D eigenvalue weighted by atomic mass is 10.2. The van der Waals surface area contributed by atoms with Crippen molar-refractivity contribution in [3.63, 3.8) is 0 Å². The number of hydrogen-bond donors (Lipinski definition) is 0. The number of esters is 1. The maximum Gasteiger partial charge on any atom is 0.311 e. The molecule has 0 N–H and O–H groups in total. The number of carbonyl (C=O) groups is 1. The van der Waals surface area contributed by atoms with Crippen molar-refractivity contribution in [2.75, 3.05) is 0 Å². The van der Waals surface area contributed by atoms with E-state index in [2.05, 4.69) is 0 Å². The van der Waals surface area contributed by atoms with Gasteiger partial charge in [0, 0.05) is 6.42 Å². The average molecular weight is 213 g/mol. The molecule has 0 bridgehead atoms. The summed E-state index contributed by atoms with van der Waals surface area (Å²) in [7, 11) is 0. The van der Waals surface area contributed by atoms with Gasteiger partial charge in [0.05, 0.1) is 5.02 Å². The molecule has 0 spiro atoms. The zero-order valence-corrected chi connectivity index (χ0v) is 9.10. The fourth-order valence-corrected chi connectivity index (χ4v) is 1.24. The minimum absolute atomic E-state index is 0.236. The van der Waals surface area contributed by atoms with Gasteiger partial charge in [-0.1, -0.05) is 30.7 Å². The Balaban J connectivity index is 2.76. The molecule has 0 fully saturated rings. The lowest BCUT2D eigenvalue weighted by Gasteiger charge is -2.06. The smallest absolute Gasteiger partial charge is 0.311 e. The van der Waals surface area contributed by atoms with Gasteiger partial charge in [0.1, 0.15) is 5.75 Å². The first kappa shape index (κ1) is 11.1. The zero-order valence-electron chi connectivity index (χ0n) is 8.34. The SMILES string of the molecule is CCCC(=O)Oc1cccc(C)c1Cl. The Morgan fingerprint density at radius 3 is 2.86 bits per heavy atom. The Hall–Kier alpha value is -1.02. The lowest BCUT2D eigenvalue weighted by molar-refractivity contribution is -0.134. The predicted molar refractivity (Wildman–Crippen MR) is 56.7 cm³/mol. The van der Waals surface area contributed by atoms with Gasteiger partial charge in [0.2, 0.25) is 0 Å². The van der Waals surface area contributed by atoms with Crippen LogP contribution in [0.3, 0.4) is 0 Å². The van der Waals surface area contributed by atoms with Gasteiger partial charge in [-0.3, -0.25) is 4.79 Å². The van der Waals surface area contributed by atoms with Crippen molar-refractivity contribution in [3.05, 3.63) is 28.8 Å². The van der Waals surface area contributed by atoms with Gasteiger partial charge in [-0.05, 0) is 25.0 Å². The molecule has 0 aliphatic heterocycles. The van der Waals surface area contributed by atoms with Gasteiger partial charge in [-0.2, -0.15) is 0 Å². The van der Waals surface area contributed by atoms with Crippen LogP contribution in [0.25, 0.3) is 0 Å². The summed E-state index contributed by atoms with van der Waals surface area (Å²) in [5.74, 6) is 0.213. The molecule has 0 atom stereocenters. The standard InChI is InChI=1S/C11H13ClO2/c1-3-5-10(13)14-9-7-4-6-8(2)11(9)12/h4,6-7H,3,5H2,1-2H3. The molecule has 0 aliphatic rings. The van der Waals surface area contributed by atoms with Crippen LogP contribution in [0.4, 0.5) is 0 Å². The number of ether oxygens (including phenoxy) is 1. The monoisotopic (exact) mass is 212 g/mol. The van der Waals surface area contributed by atoms with Crippen LogP contribution in [0.1, 0.15) is 25.3 Å². The van der Waals surface area contributed by atoms with E-state index < -0.39 is 0 Å². The first-order valence-corrected chi connectivity index (χ1v) is 4.98. The maximum absolute atomic E-state index is 11.2. The Bertz CT molecular complexity index is 334. The third kappa shape index (κ3) is 2.74. The summed E-state index contributed by atoms with van der Waals surface area (Å²) in [5, 5.41) is 0.511. The van der Waals surface area contributed by atoms with Crippen LogP contribution in [0, 0.1) is 6.92 Å². The molecular weight excluding hydrogens is 200 g/mol. The summed E-state index contributed by atoms with van der Waals surface area (Å²) in [6, 6.07) is 5.39. The third-order valence-corrected chi connectivity index (χ3v) is 2.32. The zero-order chi connectivity index (χ0) is 10.6. The highest BCUT2D eigenvalue weighted by atomic mass is 35.5. The first-order chi connectivity index (χ1) is 6.65. The van der Waals surface area contributed by atoms with E-state index >= 15 is 0 Å². The summed E-state index contributed by atoms with van der Waals surface area (Å²) in [5.41, 5.74) is 0.911. The van der Waals surface area contributed by atoms with Gasteiger partial charge in [0.25, 0.3) is 0 Å². The molecule has 76 valence electrons. The van der Waals surface area contributed by atoms with Crippen LogP contribution in [0.2, 0.25) is 5.02 Å². The number of benzene rings is 1. The van der Waals surface area contributed by atoms with Gasteiger partial charge in [-0.25, -0.2) is 0 Å². The maximum atomic E-state index is 11.2. The molecule has 1 rings (SSSR count). The van der Waals surface area contributed by atoms with Crippen molar-refractivity contribution in [1.82, 2.24) is 0 Å². The van der Waals surface area contributed by atoms with E-state index in [1.807, 2.05) is 26.0 Å². The third-order valence-electron chi connectivity index (χ3n) is 1.83. The fourth-order valence-electron chi connectivity index (χ4n) is 1.08. The van der Waals surface area contributed by atoms with E-state index in [0.29, 0.717) is 17.2 Å². The number of carbonyl (C=O) groups excluding carboxylic acids is 1. The second-order valence-corrected chi connectivity index (χ2v) is 3.49. The lowest BCUT2D eigenvalue weighted by Crippen LogP contribution is -2.07. The van der Waals surface area contributed by atoms with E-state index in [1.165, 1.54) is 0 Å². The Morgan fingerprint density at radius 2 is 2.21 bits per heavy atom. The second kappa shape index (κ2) is 5.01. The molecule has 0 radical (unpaired) electrons. The summed E-state index contributed by atoms with van der Waals surface area (Å²) in [6.07, 6.45) is 1.20. The van der Waals surface area contributed by atoms with Crippen molar-refractivity contribution >= 4 is 17.6 Å². The van der Waals surface area contributed by atoms with Gasteiger partial charge in [0.15, 0.2) is 0 Å². The van der Waals surface area contributed by atoms with E-state index in [9.17, 15) is 4.79 Å². The molecule has 1 aromatic carbocycles. The van der Waals surface area contributed by atoms with E-state index in [0.717, 1.165) is 12.0 Å². The second-order valence-electron chi connectivity index (χ2n) is 3.11. The molecule has 1 aromatic rings. The van der Waals surface area contributed by atoms with Crippen LogP contribution in [0.15, 0.2) is 18.2 Å². The Kier molecular flexibility index (Phi) is 3.96.